The molecule has 1 aromatic heterocycles. The maximum Gasteiger partial charge on any atom is 0.255 e. The zero-order chi connectivity index (χ0) is 16.6. The van der Waals surface area contributed by atoms with Gasteiger partial charge in [0.15, 0.2) is 0 Å². The van der Waals surface area contributed by atoms with Gasteiger partial charge in [-0.3, -0.25) is 9.78 Å². The number of carbonyl (C=O) groups excluding carboxylic acids is 1. The number of hydrogen-bond acceptors (Lipinski definition) is 4. The fourth-order valence-electron chi connectivity index (χ4n) is 2.91. The molecule has 0 atom stereocenters. The Labute approximate surface area is 136 Å². The number of hydrogen-bond donors (Lipinski definition) is 3. The number of carbonyl (C=O) groups is 1. The van der Waals surface area contributed by atoms with Gasteiger partial charge in [0.25, 0.3) is 5.91 Å². The Balaban J connectivity index is 2.14. The van der Waals surface area contributed by atoms with Crippen molar-refractivity contribution >= 4 is 22.5 Å². The average Bonchev–Trinajstić information content (AvgIpc) is 3.35. The first-order valence-electron chi connectivity index (χ1n) is 8.10. The van der Waals surface area contributed by atoms with E-state index in [2.05, 4.69) is 29.5 Å². The van der Waals surface area contributed by atoms with Gasteiger partial charge in [-0.2, -0.15) is 0 Å². The van der Waals surface area contributed by atoms with E-state index in [9.17, 15) is 9.90 Å². The van der Waals surface area contributed by atoms with Crippen molar-refractivity contribution in [1.29, 1.82) is 0 Å². The lowest BCUT2D eigenvalue weighted by Crippen LogP contribution is -2.26. The highest BCUT2D eigenvalue weighted by atomic mass is 16.3. The van der Waals surface area contributed by atoms with Crippen LogP contribution in [-0.2, 0) is 6.61 Å². The van der Waals surface area contributed by atoms with Gasteiger partial charge in [-0.15, -0.1) is 0 Å². The Morgan fingerprint density at radius 2 is 2.13 bits per heavy atom. The minimum Gasteiger partial charge on any atom is -0.392 e. The summed E-state index contributed by atoms with van der Waals surface area (Å²) in [6.45, 7) is 4.18. The second kappa shape index (κ2) is 6.16. The van der Waals surface area contributed by atoms with Crippen LogP contribution in [0.5, 0.6) is 0 Å². The molecule has 0 bridgehead atoms. The van der Waals surface area contributed by atoms with Crippen LogP contribution in [0.4, 0.5) is 5.69 Å². The zero-order valence-corrected chi connectivity index (χ0v) is 13.8. The molecule has 3 N–H and O–H groups in total. The van der Waals surface area contributed by atoms with Crippen LogP contribution in [0.2, 0.25) is 0 Å². The number of rotatable bonds is 5. The SMILES string of the molecule is CNc1c(C(=O)NC2CC2)cnc2cc(CO)c(C(C)C)cc12. The molecule has 2 aromatic rings. The topological polar surface area (TPSA) is 74.2 Å². The summed E-state index contributed by atoms with van der Waals surface area (Å²) in [6.07, 6.45) is 3.72. The van der Waals surface area contributed by atoms with Crippen LogP contribution < -0.4 is 10.6 Å². The molecule has 0 aliphatic heterocycles. The molecule has 3 rings (SSSR count). The van der Waals surface area contributed by atoms with Crippen LogP contribution in [0, 0.1) is 0 Å². The molecule has 1 aliphatic rings. The Morgan fingerprint density at radius 3 is 2.70 bits per heavy atom. The van der Waals surface area contributed by atoms with Gasteiger partial charge in [-0.05, 0) is 42.0 Å². The Kier molecular flexibility index (Phi) is 4.22. The molecular formula is C18H23N3O2. The van der Waals surface area contributed by atoms with Gasteiger partial charge in [0.05, 0.1) is 23.4 Å². The molecule has 1 amide bonds. The van der Waals surface area contributed by atoms with Crippen LogP contribution >= 0.6 is 0 Å². The second-order valence-corrected chi connectivity index (χ2v) is 6.43. The van der Waals surface area contributed by atoms with Crippen LogP contribution in [0.3, 0.4) is 0 Å². The fraction of sp³-hybridized carbons (Fsp3) is 0.444. The lowest BCUT2D eigenvalue weighted by atomic mass is 9.94. The van der Waals surface area contributed by atoms with E-state index in [1.54, 1.807) is 6.20 Å². The summed E-state index contributed by atoms with van der Waals surface area (Å²) < 4.78 is 0. The van der Waals surface area contributed by atoms with Crippen LogP contribution in [0.15, 0.2) is 18.3 Å². The van der Waals surface area contributed by atoms with Crippen LogP contribution in [-0.4, -0.2) is 29.1 Å². The summed E-state index contributed by atoms with van der Waals surface area (Å²) in [7, 11) is 1.82. The molecule has 0 unspecified atom stereocenters. The number of aliphatic hydroxyl groups excluding tert-OH is 1. The van der Waals surface area contributed by atoms with E-state index >= 15 is 0 Å². The van der Waals surface area contributed by atoms with E-state index in [1.165, 1.54) is 0 Å². The van der Waals surface area contributed by atoms with E-state index < -0.39 is 0 Å². The normalized spacial score (nSPS) is 14.3. The molecule has 23 heavy (non-hydrogen) atoms. The molecule has 1 aliphatic carbocycles. The highest BCUT2D eigenvalue weighted by molar-refractivity contribution is 6.07. The van der Waals surface area contributed by atoms with Gasteiger partial charge >= 0.3 is 0 Å². The number of amides is 1. The molecule has 0 spiro atoms. The van der Waals surface area contributed by atoms with Crippen molar-refractivity contribution in [3.63, 3.8) is 0 Å². The number of nitrogens with zero attached hydrogens (tertiary/aromatic N) is 1. The quantitative estimate of drug-likeness (QED) is 0.793. The van der Waals surface area contributed by atoms with Crippen molar-refractivity contribution in [1.82, 2.24) is 10.3 Å². The van der Waals surface area contributed by atoms with Gasteiger partial charge in [-0.25, -0.2) is 0 Å². The maximum absolute atomic E-state index is 12.4. The molecular weight excluding hydrogens is 290 g/mol. The summed E-state index contributed by atoms with van der Waals surface area (Å²) in [5, 5.41) is 16.7. The summed E-state index contributed by atoms with van der Waals surface area (Å²) in [5.74, 6) is 0.207. The zero-order valence-electron chi connectivity index (χ0n) is 13.8. The van der Waals surface area contributed by atoms with Gasteiger partial charge < -0.3 is 15.7 Å². The summed E-state index contributed by atoms with van der Waals surface area (Å²) >= 11 is 0. The average molecular weight is 313 g/mol. The minimum atomic E-state index is -0.0800. The molecule has 5 heteroatoms. The highest BCUT2D eigenvalue weighted by Crippen LogP contribution is 2.32. The van der Waals surface area contributed by atoms with E-state index in [-0.39, 0.29) is 18.4 Å². The van der Waals surface area contributed by atoms with Crippen molar-refractivity contribution in [3.05, 3.63) is 35.0 Å². The van der Waals surface area contributed by atoms with Crippen LogP contribution in [0.25, 0.3) is 10.9 Å². The van der Waals surface area contributed by atoms with Crippen LogP contribution in [0.1, 0.15) is 54.1 Å². The Hall–Kier alpha value is -2.14. The molecule has 122 valence electrons. The van der Waals surface area contributed by atoms with Crippen molar-refractivity contribution in [2.24, 2.45) is 0 Å². The number of pyridine rings is 1. The van der Waals surface area contributed by atoms with Crippen molar-refractivity contribution < 1.29 is 9.90 Å². The summed E-state index contributed by atoms with van der Waals surface area (Å²) in [4.78, 5) is 16.9. The first kappa shape index (κ1) is 15.7. The molecule has 1 aromatic carbocycles. The van der Waals surface area contributed by atoms with E-state index in [0.717, 1.165) is 40.6 Å². The van der Waals surface area contributed by atoms with Gasteiger partial charge in [0, 0.05) is 24.7 Å². The first-order valence-corrected chi connectivity index (χ1v) is 8.10. The van der Waals surface area contributed by atoms with Crippen molar-refractivity contribution in [2.45, 2.75) is 45.3 Å². The highest BCUT2D eigenvalue weighted by Gasteiger charge is 2.25. The molecule has 1 fully saturated rings. The molecule has 0 radical (unpaired) electrons. The van der Waals surface area contributed by atoms with E-state index in [4.69, 9.17) is 0 Å². The Bertz CT molecular complexity index is 752. The monoisotopic (exact) mass is 313 g/mol. The minimum absolute atomic E-state index is 0.00998. The third-order valence-corrected chi connectivity index (χ3v) is 4.33. The van der Waals surface area contributed by atoms with Gasteiger partial charge in [-0.1, -0.05) is 13.8 Å². The number of benzene rings is 1. The molecule has 1 saturated carbocycles. The third kappa shape index (κ3) is 3.01. The standard InChI is InChI=1S/C18H23N3O2/c1-10(2)13-7-14-16(6-11(13)9-22)20-8-15(17(14)19-3)18(23)21-12-4-5-12/h6-8,10,12,22H,4-5,9H2,1-3H3,(H,19,20)(H,21,23). The smallest absolute Gasteiger partial charge is 0.255 e. The van der Waals surface area contributed by atoms with E-state index in [1.807, 2.05) is 19.2 Å². The lowest BCUT2D eigenvalue weighted by molar-refractivity contribution is 0.0951. The summed E-state index contributed by atoms with van der Waals surface area (Å²) in [6, 6.07) is 4.26. The van der Waals surface area contributed by atoms with Gasteiger partial charge in [0.2, 0.25) is 0 Å². The number of aromatic nitrogens is 1. The number of aliphatic hydroxyl groups is 1. The third-order valence-electron chi connectivity index (χ3n) is 4.33. The second-order valence-electron chi connectivity index (χ2n) is 6.43. The Morgan fingerprint density at radius 1 is 1.39 bits per heavy atom. The first-order chi connectivity index (χ1) is 11.0. The van der Waals surface area contributed by atoms with E-state index in [0.29, 0.717) is 11.6 Å². The molecule has 5 nitrogen and oxygen atoms in total. The lowest BCUT2D eigenvalue weighted by Gasteiger charge is -2.16. The molecule has 0 saturated heterocycles. The van der Waals surface area contributed by atoms with Crippen molar-refractivity contribution in [2.75, 3.05) is 12.4 Å². The maximum atomic E-state index is 12.4. The summed E-state index contributed by atoms with van der Waals surface area (Å²) in [5.41, 5.74) is 4.11. The van der Waals surface area contributed by atoms with Gasteiger partial charge in [0.1, 0.15) is 0 Å². The number of nitrogens with one attached hydrogen (secondary N) is 2. The number of anilines is 1. The number of fused-ring (bicyclic) bond motifs is 1. The molecule has 1 heterocycles. The largest absolute Gasteiger partial charge is 0.392 e. The van der Waals surface area contributed by atoms with Crippen molar-refractivity contribution in [3.8, 4) is 0 Å². The predicted octanol–water partition coefficient (Wildman–Crippen LogP) is 2.78. The fourth-order valence-corrected chi connectivity index (χ4v) is 2.91. The predicted molar refractivity (Wildman–Crippen MR) is 91.8 cm³/mol.